The van der Waals surface area contributed by atoms with Crippen LogP contribution in [0.25, 0.3) is 0 Å². The number of hydrogen-bond acceptors (Lipinski definition) is 7. The van der Waals surface area contributed by atoms with Gasteiger partial charge in [-0.1, -0.05) is 18.2 Å². The molecule has 0 heterocycles. The molecule has 0 unspecified atom stereocenters. The van der Waals surface area contributed by atoms with E-state index in [-0.39, 0.29) is 17.1 Å². The molecule has 8 heteroatoms. The summed E-state index contributed by atoms with van der Waals surface area (Å²) in [6.45, 7) is 0. The van der Waals surface area contributed by atoms with Crippen molar-refractivity contribution in [2.75, 3.05) is 5.43 Å². The number of nitrogens with zero attached hydrogens (tertiary/aromatic N) is 3. The molecule has 3 aromatic rings. The molecule has 0 saturated carbocycles. The van der Waals surface area contributed by atoms with E-state index in [4.69, 9.17) is 0 Å². The number of nitro benzene ring substituents is 1. The van der Waals surface area contributed by atoms with Gasteiger partial charge in [-0.3, -0.25) is 15.5 Å². The summed E-state index contributed by atoms with van der Waals surface area (Å²) in [5, 5.41) is 27.7. The molecule has 0 spiro atoms. The molecule has 0 atom stereocenters. The summed E-state index contributed by atoms with van der Waals surface area (Å²) in [7, 11) is 0. The number of nitro groups is 1. The fourth-order valence-corrected chi connectivity index (χ4v) is 2.40. The molecule has 3 aromatic carbocycles. The molecule has 0 radical (unpaired) electrons. The summed E-state index contributed by atoms with van der Waals surface area (Å²) in [5.41, 5.74) is 5.43. The summed E-state index contributed by atoms with van der Waals surface area (Å²) in [4.78, 5) is 21.0. The summed E-state index contributed by atoms with van der Waals surface area (Å²) >= 11 is 0. The Labute approximate surface area is 153 Å². The molecule has 8 nitrogen and oxygen atoms in total. The van der Waals surface area contributed by atoms with Gasteiger partial charge in [-0.2, -0.15) is 5.10 Å². The Kier molecular flexibility index (Phi) is 5.17. The number of hydrazone groups is 1. The van der Waals surface area contributed by atoms with Crippen LogP contribution in [-0.2, 0) is 0 Å². The van der Waals surface area contributed by atoms with Crippen LogP contribution in [0.2, 0.25) is 0 Å². The Morgan fingerprint density at radius 2 is 1.59 bits per heavy atom. The zero-order valence-electron chi connectivity index (χ0n) is 13.9. The molecule has 0 bridgehead atoms. The van der Waals surface area contributed by atoms with Crippen molar-refractivity contribution in [2.45, 2.75) is 0 Å². The smallest absolute Gasteiger partial charge is 0.271 e. The molecular formula is C19H14N4O4. The molecule has 0 aromatic heterocycles. The molecule has 134 valence electrons. The van der Waals surface area contributed by atoms with Crippen LogP contribution in [0.5, 0.6) is 5.75 Å². The molecule has 27 heavy (non-hydrogen) atoms. The van der Waals surface area contributed by atoms with Gasteiger partial charge in [-0.15, -0.1) is 4.91 Å². The molecular weight excluding hydrogens is 348 g/mol. The number of phenols is 1. The largest absolute Gasteiger partial charge is 0.508 e. The Bertz CT molecular complexity index is 999. The van der Waals surface area contributed by atoms with Gasteiger partial charge in [-0.05, 0) is 47.6 Å². The van der Waals surface area contributed by atoms with E-state index in [1.165, 1.54) is 24.3 Å². The molecule has 0 aliphatic heterocycles. The van der Waals surface area contributed by atoms with Crippen molar-refractivity contribution < 1.29 is 10.0 Å². The van der Waals surface area contributed by atoms with Crippen LogP contribution < -0.4 is 5.43 Å². The summed E-state index contributed by atoms with van der Waals surface area (Å²) in [5.74, 6) is 0.116. The fraction of sp³-hybridized carbons (Fsp3) is 0. The number of nitrogens with one attached hydrogen (secondary N) is 1. The van der Waals surface area contributed by atoms with Gasteiger partial charge >= 0.3 is 0 Å². The second-order valence-corrected chi connectivity index (χ2v) is 5.56. The van der Waals surface area contributed by atoms with E-state index in [2.05, 4.69) is 15.7 Å². The van der Waals surface area contributed by atoms with Crippen LogP contribution in [0, 0.1) is 15.0 Å². The maximum absolute atomic E-state index is 10.9. The highest BCUT2D eigenvalue weighted by Crippen LogP contribution is 2.20. The van der Waals surface area contributed by atoms with E-state index >= 15 is 0 Å². The number of phenolic OH excluding ortho intramolecular Hbond substituents is 1. The average Bonchev–Trinajstić information content (AvgIpc) is 2.70. The van der Waals surface area contributed by atoms with Crippen molar-refractivity contribution in [3.63, 3.8) is 0 Å². The quantitative estimate of drug-likeness (QED) is 0.288. The summed E-state index contributed by atoms with van der Waals surface area (Å²) in [6.07, 6.45) is 0. The first-order chi connectivity index (χ1) is 13.1. The standard InChI is InChI=1S/C19H14N4O4/c24-18-10-6-14(7-11-18)19(13-4-8-15(22-25)9-5-13)21-20-16-2-1-3-17(12-16)23(26)27/h1-12,20,24H/b21-19+. The molecule has 0 aliphatic carbocycles. The summed E-state index contributed by atoms with van der Waals surface area (Å²) < 4.78 is 0. The highest BCUT2D eigenvalue weighted by atomic mass is 16.6. The minimum atomic E-state index is -0.485. The van der Waals surface area contributed by atoms with Crippen molar-refractivity contribution in [3.8, 4) is 5.75 Å². The van der Waals surface area contributed by atoms with Crippen molar-refractivity contribution in [1.29, 1.82) is 0 Å². The van der Waals surface area contributed by atoms with E-state index in [0.29, 0.717) is 22.5 Å². The first kappa shape index (κ1) is 17.7. The Balaban J connectivity index is 1.99. The SMILES string of the molecule is O=Nc1ccc(/C(=N\Nc2cccc([N+](=O)[O-])c2)c2ccc(O)cc2)cc1. The number of benzene rings is 3. The van der Waals surface area contributed by atoms with Crippen LogP contribution in [-0.4, -0.2) is 15.7 Å². The van der Waals surface area contributed by atoms with Gasteiger partial charge in [0.1, 0.15) is 11.4 Å². The first-order valence-electron chi connectivity index (χ1n) is 7.88. The number of anilines is 1. The number of rotatable bonds is 6. The molecule has 0 aliphatic rings. The van der Waals surface area contributed by atoms with Crippen molar-refractivity contribution in [3.05, 3.63) is 98.9 Å². The van der Waals surface area contributed by atoms with Crippen LogP contribution in [0.1, 0.15) is 11.1 Å². The number of aromatic hydroxyl groups is 1. The monoisotopic (exact) mass is 362 g/mol. The van der Waals surface area contributed by atoms with Gasteiger partial charge in [0.2, 0.25) is 0 Å². The Morgan fingerprint density at radius 1 is 0.963 bits per heavy atom. The highest BCUT2D eigenvalue weighted by Gasteiger charge is 2.09. The van der Waals surface area contributed by atoms with E-state index < -0.39 is 4.92 Å². The summed E-state index contributed by atoms with van der Waals surface area (Å²) in [6, 6.07) is 18.9. The van der Waals surface area contributed by atoms with Crippen molar-refractivity contribution >= 4 is 22.8 Å². The van der Waals surface area contributed by atoms with Gasteiger partial charge in [0.15, 0.2) is 0 Å². The maximum Gasteiger partial charge on any atom is 0.271 e. The lowest BCUT2D eigenvalue weighted by Crippen LogP contribution is -2.06. The van der Waals surface area contributed by atoms with Gasteiger partial charge < -0.3 is 5.11 Å². The topological polar surface area (TPSA) is 117 Å². The number of hydrogen-bond donors (Lipinski definition) is 2. The lowest BCUT2D eigenvalue weighted by Gasteiger charge is -2.09. The van der Waals surface area contributed by atoms with Gasteiger partial charge in [-0.25, -0.2) is 0 Å². The Hall–Kier alpha value is -4.07. The number of non-ortho nitro benzene ring substituents is 1. The zero-order valence-corrected chi connectivity index (χ0v) is 13.9. The predicted octanol–water partition coefficient (Wildman–Crippen LogP) is 4.56. The normalized spacial score (nSPS) is 11.0. The van der Waals surface area contributed by atoms with Crippen LogP contribution in [0.4, 0.5) is 17.1 Å². The highest BCUT2D eigenvalue weighted by molar-refractivity contribution is 6.13. The zero-order chi connectivity index (χ0) is 19.2. The van der Waals surface area contributed by atoms with E-state index in [9.17, 15) is 20.1 Å². The third-order valence-electron chi connectivity index (χ3n) is 3.74. The maximum atomic E-state index is 10.9. The Morgan fingerprint density at radius 3 is 2.19 bits per heavy atom. The van der Waals surface area contributed by atoms with E-state index in [0.717, 1.165) is 0 Å². The van der Waals surface area contributed by atoms with Gasteiger partial charge in [0, 0.05) is 23.3 Å². The first-order valence-corrected chi connectivity index (χ1v) is 7.88. The molecule has 0 fully saturated rings. The second kappa shape index (κ2) is 7.87. The lowest BCUT2D eigenvalue weighted by atomic mass is 10.0. The minimum Gasteiger partial charge on any atom is -0.508 e. The second-order valence-electron chi connectivity index (χ2n) is 5.56. The molecule has 0 saturated heterocycles. The van der Waals surface area contributed by atoms with Crippen LogP contribution in [0.15, 0.2) is 83.1 Å². The minimum absolute atomic E-state index is 0.0530. The van der Waals surface area contributed by atoms with E-state index in [1.54, 1.807) is 48.5 Å². The average molecular weight is 362 g/mol. The molecule has 2 N–H and O–H groups in total. The fourth-order valence-electron chi connectivity index (χ4n) is 2.40. The van der Waals surface area contributed by atoms with Gasteiger partial charge in [0.25, 0.3) is 5.69 Å². The third-order valence-corrected chi connectivity index (χ3v) is 3.74. The third kappa shape index (κ3) is 4.31. The van der Waals surface area contributed by atoms with E-state index in [1.807, 2.05) is 0 Å². The van der Waals surface area contributed by atoms with Crippen LogP contribution >= 0.6 is 0 Å². The van der Waals surface area contributed by atoms with Crippen molar-refractivity contribution in [2.24, 2.45) is 10.3 Å². The molecule has 0 amide bonds. The lowest BCUT2D eigenvalue weighted by molar-refractivity contribution is -0.384. The van der Waals surface area contributed by atoms with Crippen molar-refractivity contribution in [1.82, 2.24) is 0 Å². The van der Waals surface area contributed by atoms with Gasteiger partial charge in [0.05, 0.1) is 16.3 Å². The molecule has 3 rings (SSSR count). The predicted molar refractivity (Wildman–Crippen MR) is 102 cm³/mol. The van der Waals surface area contributed by atoms with Crippen LogP contribution in [0.3, 0.4) is 0 Å². The number of nitroso groups, excluding NO2 is 1.